The molecule has 0 atom stereocenters. The average Bonchev–Trinajstić information content (AvgIpc) is 2.44. The van der Waals surface area contributed by atoms with Gasteiger partial charge in [-0.15, -0.1) is 0 Å². The summed E-state index contributed by atoms with van der Waals surface area (Å²) in [5, 5.41) is 0.147. The van der Waals surface area contributed by atoms with E-state index in [4.69, 9.17) is 27.9 Å². The molecule has 0 aromatic heterocycles. The topological polar surface area (TPSA) is 26.3 Å². The molecule has 0 aliphatic carbocycles. The van der Waals surface area contributed by atoms with Crippen LogP contribution in [0.1, 0.15) is 11.1 Å². The number of carbonyl (C=O) groups is 1. The van der Waals surface area contributed by atoms with E-state index < -0.39 is 11.8 Å². The van der Waals surface area contributed by atoms with Crippen LogP contribution in [0.15, 0.2) is 42.5 Å². The summed E-state index contributed by atoms with van der Waals surface area (Å²) in [5.74, 6) is -1.02. The maximum absolute atomic E-state index is 13.3. The summed E-state index contributed by atoms with van der Waals surface area (Å²) in [6, 6.07) is 11.7. The Morgan fingerprint density at radius 2 is 1.80 bits per heavy atom. The predicted octanol–water partition coefficient (Wildman–Crippen LogP) is 4.42. The van der Waals surface area contributed by atoms with Crippen molar-refractivity contribution in [1.29, 1.82) is 0 Å². The van der Waals surface area contributed by atoms with Gasteiger partial charge in [-0.05, 0) is 17.7 Å². The van der Waals surface area contributed by atoms with E-state index >= 15 is 0 Å². The van der Waals surface area contributed by atoms with Crippen LogP contribution in [0.4, 0.5) is 4.39 Å². The second kappa shape index (κ2) is 6.73. The number of carbonyl (C=O) groups excluding carboxylic acids is 1. The molecule has 0 saturated heterocycles. The van der Waals surface area contributed by atoms with E-state index in [1.54, 1.807) is 0 Å². The first-order valence-electron chi connectivity index (χ1n) is 5.90. The van der Waals surface area contributed by atoms with Crippen LogP contribution in [-0.4, -0.2) is 5.97 Å². The van der Waals surface area contributed by atoms with E-state index in [0.29, 0.717) is 0 Å². The molecule has 0 spiro atoms. The molecule has 0 saturated carbocycles. The number of benzene rings is 2. The average molecular weight is 313 g/mol. The van der Waals surface area contributed by atoms with Crippen LogP contribution in [0.25, 0.3) is 0 Å². The molecule has 2 nitrogen and oxygen atoms in total. The quantitative estimate of drug-likeness (QED) is 0.617. The van der Waals surface area contributed by atoms with Crippen molar-refractivity contribution in [3.8, 4) is 0 Å². The number of esters is 1. The zero-order valence-corrected chi connectivity index (χ0v) is 11.9. The summed E-state index contributed by atoms with van der Waals surface area (Å²) in [6.07, 6.45) is 0.144. The van der Waals surface area contributed by atoms with Crippen molar-refractivity contribution in [2.75, 3.05) is 0 Å². The van der Waals surface area contributed by atoms with Crippen LogP contribution in [0.3, 0.4) is 0 Å². The van der Waals surface area contributed by atoms with Gasteiger partial charge in [-0.3, -0.25) is 4.79 Å². The first-order chi connectivity index (χ1) is 9.58. The Bertz CT molecular complexity index is 615. The first kappa shape index (κ1) is 14.8. The second-order valence-corrected chi connectivity index (χ2v) is 4.93. The van der Waals surface area contributed by atoms with Gasteiger partial charge >= 0.3 is 5.97 Å². The SMILES string of the molecule is O=C(Cc1ccccc1)OCc1c(Cl)ccc(F)c1Cl. The third-order valence-electron chi connectivity index (χ3n) is 2.71. The third-order valence-corrected chi connectivity index (χ3v) is 3.47. The van der Waals surface area contributed by atoms with Gasteiger partial charge in [0.15, 0.2) is 0 Å². The Labute approximate surface area is 126 Å². The van der Waals surface area contributed by atoms with Crippen molar-refractivity contribution in [1.82, 2.24) is 0 Å². The van der Waals surface area contributed by atoms with Crippen LogP contribution in [0.2, 0.25) is 10.0 Å². The van der Waals surface area contributed by atoms with Crippen LogP contribution in [0.5, 0.6) is 0 Å². The van der Waals surface area contributed by atoms with Gasteiger partial charge in [-0.2, -0.15) is 0 Å². The minimum absolute atomic E-state index is 0.120. The molecule has 2 aromatic carbocycles. The molecular formula is C15H11Cl2FO2. The Hall–Kier alpha value is -1.58. The molecule has 0 aliphatic rings. The normalized spacial score (nSPS) is 10.3. The molecule has 20 heavy (non-hydrogen) atoms. The number of hydrogen-bond acceptors (Lipinski definition) is 2. The van der Waals surface area contributed by atoms with E-state index in [0.717, 1.165) is 5.56 Å². The van der Waals surface area contributed by atoms with Gasteiger partial charge in [0.2, 0.25) is 0 Å². The first-order valence-corrected chi connectivity index (χ1v) is 6.65. The maximum atomic E-state index is 13.3. The van der Waals surface area contributed by atoms with E-state index in [-0.39, 0.29) is 28.6 Å². The number of hydrogen-bond donors (Lipinski definition) is 0. The summed E-state index contributed by atoms with van der Waals surface area (Å²) in [7, 11) is 0. The summed E-state index contributed by atoms with van der Waals surface area (Å²) in [6.45, 7) is -0.152. The minimum Gasteiger partial charge on any atom is -0.460 e. The zero-order valence-electron chi connectivity index (χ0n) is 10.4. The van der Waals surface area contributed by atoms with E-state index in [1.165, 1.54) is 12.1 Å². The van der Waals surface area contributed by atoms with Gasteiger partial charge in [0.25, 0.3) is 0 Å². The van der Waals surface area contributed by atoms with Crippen LogP contribution in [-0.2, 0) is 22.6 Å². The highest BCUT2D eigenvalue weighted by atomic mass is 35.5. The van der Waals surface area contributed by atoms with Gasteiger partial charge < -0.3 is 4.74 Å². The van der Waals surface area contributed by atoms with Crippen molar-refractivity contribution < 1.29 is 13.9 Å². The highest BCUT2D eigenvalue weighted by Crippen LogP contribution is 2.27. The molecule has 0 bridgehead atoms. The van der Waals surface area contributed by atoms with E-state index in [1.807, 2.05) is 30.3 Å². The zero-order chi connectivity index (χ0) is 14.5. The maximum Gasteiger partial charge on any atom is 0.310 e. The Morgan fingerprint density at radius 1 is 1.10 bits per heavy atom. The molecule has 5 heteroatoms. The number of ether oxygens (including phenoxy) is 1. The van der Waals surface area contributed by atoms with E-state index in [9.17, 15) is 9.18 Å². The Balaban J connectivity index is 1.99. The number of halogens is 3. The molecule has 0 unspecified atom stereocenters. The van der Waals surface area contributed by atoms with Gasteiger partial charge in [0.1, 0.15) is 12.4 Å². The van der Waals surface area contributed by atoms with Crippen LogP contribution >= 0.6 is 23.2 Å². The van der Waals surface area contributed by atoms with Crippen LogP contribution < -0.4 is 0 Å². The molecule has 0 N–H and O–H groups in total. The van der Waals surface area contributed by atoms with Crippen LogP contribution in [0, 0.1) is 5.82 Å². The lowest BCUT2D eigenvalue weighted by molar-refractivity contribution is -0.144. The molecule has 0 heterocycles. The molecule has 0 fully saturated rings. The molecule has 0 amide bonds. The minimum atomic E-state index is -0.592. The van der Waals surface area contributed by atoms with Gasteiger partial charge in [-0.25, -0.2) is 4.39 Å². The van der Waals surface area contributed by atoms with Gasteiger partial charge in [-0.1, -0.05) is 53.5 Å². The fraction of sp³-hybridized carbons (Fsp3) is 0.133. The molecule has 0 radical (unpaired) electrons. The lowest BCUT2D eigenvalue weighted by atomic mass is 10.1. The van der Waals surface area contributed by atoms with Gasteiger partial charge in [0, 0.05) is 10.6 Å². The second-order valence-electron chi connectivity index (χ2n) is 4.14. The molecule has 104 valence electrons. The van der Waals surface area contributed by atoms with E-state index in [2.05, 4.69) is 0 Å². The summed E-state index contributed by atoms with van der Waals surface area (Å²) < 4.78 is 18.4. The molecular weight excluding hydrogens is 302 g/mol. The fourth-order valence-electron chi connectivity index (χ4n) is 1.67. The standard InChI is InChI=1S/C15H11Cl2FO2/c16-12-6-7-13(18)15(17)11(12)9-20-14(19)8-10-4-2-1-3-5-10/h1-7H,8-9H2. The largest absolute Gasteiger partial charge is 0.460 e. The van der Waals surface area contributed by atoms with Crippen molar-refractivity contribution >= 4 is 29.2 Å². The summed E-state index contributed by atoms with van der Waals surface area (Å²) in [5.41, 5.74) is 1.11. The van der Waals surface area contributed by atoms with Gasteiger partial charge in [0.05, 0.1) is 11.4 Å². The Morgan fingerprint density at radius 3 is 2.50 bits per heavy atom. The smallest absolute Gasteiger partial charge is 0.310 e. The highest BCUT2D eigenvalue weighted by molar-refractivity contribution is 6.36. The lowest BCUT2D eigenvalue weighted by Crippen LogP contribution is -2.08. The lowest BCUT2D eigenvalue weighted by Gasteiger charge is -2.09. The Kier molecular flexibility index (Phi) is 4.99. The number of rotatable bonds is 4. The fourth-order valence-corrected chi connectivity index (χ4v) is 2.15. The van der Waals surface area contributed by atoms with Crippen molar-refractivity contribution in [3.63, 3.8) is 0 Å². The third kappa shape index (κ3) is 3.71. The highest BCUT2D eigenvalue weighted by Gasteiger charge is 2.13. The molecule has 0 aliphatic heterocycles. The van der Waals surface area contributed by atoms with Crippen molar-refractivity contribution in [2.24, 2.45) is 0 Å². The molecule has 2 rings (SSSR count). The monoisotopic (exact) mass is 312 g/mol. The summed E-state index contributed by atoms with van der Waals surface area (Å²) in [4.78, 5) is 11.7. The van der Waals surface area contributed by atoms with Crippen molar-refractivity contribution in [2.45, 2.75) is 13.0 Å². The predicted molar refractivity (Wildman–Crippen MR) is 76.4 cm³/mol. The summed E-state index contributed by atoms with van der Waals surface area (Å²) >= 11 is 11.7. The molecule has 2 aromatic rings. The van der Waals surface area contributed by atoms with Crippen molar-refractivity contribution in [3.05, 3.63) is 69.5 Å².